The van der Waals surface area contributed by atoms with Crippen LogP contribution < -0.4 is 10.6 Å². The highest BCUT2D eigenvalue weighted by Crippen LogP contribution is 2.52. The summed E-state index contributed by atoms with van der Waals surface area (Å²) in [7, 11) is 0. The third-order valence-electron chi connectivity index (χ3n) is 6.31. The summed E-state index contributed by atoms with van der Waals surface area (Å²) in [4.78, 5) is 28.7. The second-order valence-electron chi connectivity index (χ2n) is 8.25. The first-order chi connectivity index (χ1) is 15.5. The summed E-state index contributed by atoms with van der Waals surface area (Å²) in [6, 6.07) is 17.2. The van der Waals surface area contributed by atoms with Crippen LogP contribution in [-0.4, -0.2) is 39.7 Å². The lowest BCUT2D eigenvalue weighted by atomic mass is 9.66. The number of benzene rings is 2. The quantitative estimate of drug-likeness (QED) is 0.414. The molecule has 1 aliphatic heterocycles. The Balaban J connectivity index is 1.60. The lowest BCUT2D eigenvalue weighted by Crippen LogP contribution is -2.37. The Kier molecular flexibility index (Phi) is 4.92. The maximum atomic E-state index is 13.3. The van der Waals surface area contributed by atoms with Crippen molar-refractivity contribution in [2.75, 3.05) is 17.2 Å². The number of hydrogen-bond donors (Lipinski definition) is 5. The van der Waals surface area contributed by atoms with Gasteiger partial charge in [0.15, 0.2) is 6.10 Å². The molecule has 0 fully saturated rings. The van der Waals surface area contributed by atoms with Crippen LogP contribution in [0.25, 0.3) is 6.08 Å². The number of carbonyl (C=O) groups excluding carboxylic acids is 2. The van der Waals surface area contributed by atoms with Crippen LogP contribution in [0.1, 0.15) is 28.3 Å². The van der Waals surface area contributed by atoms with Crippen LogP contribution in [0.3, 0.4) is 0 Å². The molecular formula is C25H23N3O4. The predicted molar refractivity (Wildman–Crippen MR) is 121 cm³/mol. The second kappa shape index (κ2) is 7.78. The number of fused-ring (bicyclic) bond motifs is 2. The summed E-state index contributed by atoms with van der Waals surface area (Å²) < 4.78 is 0. The van der Waals surface area contributed by atoms with E-state index < -0.39 is 30.0 Å². The molecule has 5 rings (SSSR count). The molecule has 0 radical (unpaired) electrons. The molecule has 7 nitrogen and oxygen atoms in total. The Morgan fingerprint density at radius 2 is 2.00 bits per heavy atom. The Morgan fingerprint density at radius 1 is 1.16 bits per heavy atom. The van der Waals surface area contributed by atoms with E-state index in [1.807, 2.05) is 36.5 Å². The third kappa shape index (κ3) is 3.23. The molecule has 2 heterocycles. The van der Waals surface area contributed by atoms with Crippen LogP contribution in [0, 0.1) is 0 Å². The number of amides is 2. The number of H-pyrrole nitrogens is 1. The first-order valence-corrected chi connectivity index (χ1v) is 10.5. The summed E-state index contributed by atoms with van der Waals surface area (Å²) in [5, 5.41) is 24.2. The van der Waals surface area contributed by atoms with E-state index >= 15 is 0 Å². The van der Waals surface area contributed by atoms with E-state index in [9.17, 15) is 14.7 Å². The van der Waals surface area contributed by atoms with Crippen molar-refractivity contribution in [2.45, 2.75) is 23.9 Å². The van der Waals surface area contributed by atoms with Crippen molar-refractivity contribution in [3.63, 3.8) is 0 Å². The highest BCUT2D eigenvalue weighted by molar-refractivity contribution is 6.06. The van der Waals surface area contributed by atoms with Gasteiger partial charge >= 0.3 is 0 Å². The van der Waals surface area contributed by atoms with Gasteiger partial charge in [-0.3, -0.25) is 9.59 Å². The van der Waals surface area contributed by atoms with Gasteiger partial charge in [0, 0.05) is 35.1 Å². The van der Waals surface area contributed by atoms with Crippen LogP contribution in [0.2, 0.25) is 0 Å². The molecular weight excluding hydrogens is 406 g/mol. The Hall–Kier alpha value is -3.68. The molecule has 0 bridgehead atoms. The van der Waals surface area contributed by atoms with Crippen LogP contribution >= 0.6 is 0 Å². The fourth-order valence-electron chi connectivity index (χ4n) is 4.85. The van der Waals surface area contributed by atoms with E-state index in [-0.39, 0.29) is 5.91 Å². The summed E-state index contributed by atoms with van der Waals surface area (Å²) in [5.41, 5.74) is 4.49. The average Bonchev–Trinajstić information content (AvgIpc) is 3.51. The van der Waals surface area contributed by atoms with Crippen LogP contribution in [0.4, 0.5) is 11.4 Å². The smallest absolute Gasteiger partial charge is 0.255 e. The van der Waals surface area contributed by atoms with Crippen molar-refractivity contribution >= 4 is 29.3 Å². The molecule has 0 saturated heterocycles. The number of aromatic amines is 1. The van der Waals surface area contributed by atoms with E-state index in [1.54, 1.807) is 18.2 Å². The number of hydrogen-bond acceptors (Lipinski definition) is 4. The minimum atomic E-state index is -1.51. The SMILES string of the molecule is O=C(Nc1ccc2c(c1)C(C1(Cc3ccc[nH]3)C=Cc3ccccc31)C(=O)N2)C(O)CO. The summed E-state index contributed by atoms with van der Waals surface area (Å²) in [6.07, 6.45) is 5.13. The lowest BCUT2D eigenvalue weighted by molar-refractivity contribution is -0.125. The van der Waals surface area contributed by atoms with Crippen molar-refractivity contribution in [1.29, 1.82) is 0 Å². The maximum absolute atomic E-state index is 13.3. The van der Waals surface area contributed by atoms with Crippen molar-refractivity contribution in [1.82, 2.24) is 4.98 Å². The number of nitrogens with one attached hydrogen (secondary N) is 3. The highest BCUT2D eigenvalue weighted by Gasteiger charge is 2.50. The minimum absolute atomic E-state index is 0.105. The number of anilines is 2. The molecule has 7 heteroatoms. The van der Waals surface area contributed by atoms with Crippen molar-refractivity contribution < 1.29 is 19.8 Å². The average molecular weight is 429 g/mol. The molecule has 0 spiro atoms. The Bertz CT molecular complexity index is 1220. The summed E-state index contributed by atoms with van der Waals surface area (Å²) >= 11 is 0. The number of aliphatic hydroxyl groups excluding tert-OH is 2. The first-order valence-electron chi connectivity index (χ1n) is 10.5. The zero-order valence-corrected chi connectivity index (χ0v) is 17.2. The van der Waals surface area contributed by atoms with Gasteiger partial charge in [0.2, 0.25) is 5.91 Å². The fraction of sp³-hybridized carbons (Fsp3) is 0.200. The molecule has 162 valence electrons. The van der Waals surface area contributed by atoms with Gasteiger partial charge in [-0.05, 0) is 47.0 Å². The molecule has 5 N–H and O–H groups in total. The van der Waals surface area contributed by atoms with Gasteiger partial charge in [0.25, 0.3) is 5.91 Å². The van der Waals surface area contributed by atoms with Gasteiger partial charge in [-0.1, -0.05) is 36.4 Å². The fourth-order valence-corrected chi connectivity index (χ4v) is 4.85. The molecule has 2 aliphatic rings. The number of aromatic nitrogens is 1. The first kappa shape index (κ1) is 20.2. The van der Waals surface area contributed by atoms with E-state index in [2.05, 4.69) is 33.8 Å². The van der Waals surface area contributed by atoms with E-state index in [1.165, 1.54) is 0 Å². The topological polar surface area (TPSA) is 114 Å². The van der Waals surface area contributed by atoms with E-state index in [0.717, 1.165) is 22.4 Å². The molecule has 3 unspecified atom stereocenters. The minimum Gasteiger partial charge on any atom is -0.393 e. The van der Waals surface area contributed by atoms with Crippen LogP contribution in [0.15, 0.2) is 66.9 Å². The molecule has 3 atom stereocenters. The summed E-state index contributed by atoms with van der Waals surface area (Å²) in [6.45, 7) is -0.666. The largest absolute Gasteiger partial charge is 0.393 e. The Morgan fingerprint density at radius 3 is 2.78 bits per heavy atom. The molecule has 3 aromatic rings. The third-order valence-corrected chi connectivity index (χ3v) is 6.31. The van der Waals surface area contributed by atoms with Crippen molar-refractivity contribution in [3.8, 4) is 0 Å². The molecule has 1 aromatic heterocycles. The van der Waals surface area contributed by atoms with Crippen LogP contribution in [0.5, 0.6) is 0 Å². The van der Waals surface area contributed by atoms with Gasteiger partial charge in [0.05, 0.1) is 12.5 Å². The summed E-state index contributed by atoms with van der Waals surface area (Å²) in [5.74, 6) is -1.32. The number of rotatable bonds is 6. The molecule has 1 aliphatic carbocycles. The van der Waals surface area contributed by atoms with Crippen LogP contribution in [-0.2, 0) is 21.4 Å². The predicted octanol–water partition coefficient (Wildman–Crippen LogP) is 2.55. The number of carbonyl (C=O) groups is 2. The standard InChI is InChI=1S/C25H23N3O4/c29-14-21(30)23(31)27-16-7-8-20-18(12-16)22(24(32)28-20)25(13-17-5-3-11-26-17)10-9-15-4-1-2-6-19(15)25/h1-12,21-22,26,29-30H,13-14H2,(H,27,31)(H,28,32). The second-order valence-corrected chi connectivity index (χ2v) is 8.25. The number of allylic oxidation sites excluding steroid dienone is 1. The van der Waals surface area contributed by atoms with E-state index in [4.69, 9.17) is 5.11 Å². The van der Waals surface area contributed by atoms with Gasteiger partial charge in [0.1, 0.15) is 0 Å². The monoisotopic (exact) mass is 429 g/mol. The lowest BCUT2D eigenvalue weighted by Gasteiger charge is -2.34. The molecule has 32 heavy (non-hydrogen) atoms. The van der Waals surface area contributed by atoms with Gasteiger partial charge in [-0.25, -0.2) is 0 Å². The molecule has 2 amide bonds. The van der Waals surface area contributed by atoms with Gasteiger partial charge in [-0.15, -0.1) is 0 Å². The van der Waals surface area contributed by atoms with E-state index in [0.29, 0.717) is 17.8 Å². The van der Waals surface area contributed by atoms with Gasteiger partial charge < -0.3 is 25.8 Å². The molecule has 2 aromatic carbocycles. The normalized spacial score (nSPS) is 21.7. The maximum Gasteiger partial charge on any atom is 0.255 e. The zero-order valence-electron chi connectivity index (χ0n) is 17.2. The van der Waals surface area contributed by atoms with Gasteiger partial charge in [-0.2, -0.15) is 0 Å². The Labute approximate surface area is 184 Å². The number of aliphatic hydroxyl groups is 2. The van der Waals surface area contributed by atoms with Crippen molar-refractivity contribution in [3.05, 3.63) is 89.3 Å². The zero-order chi connectivity index (χ0) is 22.3. The van der Waals surface area contributed by atoms with Crippen molar-refractivity contribution in [2.24, 2.45) is 0 Å². The molecule has 0 saturated carbocycles. The highest BCUT2D eigenvalue weighted by atomic mass is 16.3.